The molecule has 1 aliphatic rings. The third-order valence-corrected chi connectivity index (χ3v) is 3.77. The van der Waals surface area contributed by atoms with Gasteiger partial charge in [0.05, 0.1) is 6.20 Å². The maximum atomic E-state index is 12.1. The highest BCUT2D eigenvalue weighted by Crippen LogP contribution is 2.30. The van der Waals surface area contributed by atoms with Crippen LogP contribution in [0, 0.1) is 0 Å². The minimum Gasteiger partial charge on any atom is -0.507 e. The van der Waals surface area contributed by atoms with Crippen molar-refractivity contribution in [1.82, 2.24) is 4.98 Å². The number of rotatable bonds is 3. The monoisotopic (exact) mass is 342 g/mol. The highest BCUT2D eigenvalue weighted by Gasteiger charge is 2.24. The number of nitrogens with zero attached hydrogens (tertiary/aromatic N) is 2. The van der Waals surface area contributed by atoms with Gasteiger partial charge < -0.3 is 19.2 Å². The van der Waals surface area contributed by atoms with Crippen molar-refractivity contribution in [3.05, 3.63) is 47.9 Å². The van der Waals surface area contributed by atoms with Crippen LogP contribution in [0.25, 0.3) is 5.57 Å². The number of oxazole rings is 1. The Hall–Kier alpha value is -2.76. The van der Waals surface area contributed by atoms with E-state index in [1.807, 2.05) is 17.0 Å². The molecule has 1 aromatic heterocycles. The molecule has 0 spiro atoms. The zero-order valence-corrected chi connectivity index (χ0v) is 14.7. The van der Waals surface area contributed by atoms with E-state index in [0.717, 1.165) is 24.1 Å². The van der Waals surface area contributed by atoms with Gasteiger partial charge in [0, 0.05) is 18.7 Å². The molecule has 3 rings (SSSR count). The Balaban J connectivity index is 1.75. The van der Waals surface area contributed by atoms with E-state index in [-0.39, 0.29) is 11.5 Å². The summed E-state index contributed by atoms with van der Waals surface area (Å²) in [5.41, 5.74) is 1.21. The van der Waals surface area contributed by atoms with Crippen LogP contribution in [0.15, 0.2) is 41.0 Å². The van der Waals surface area contributed by atoms with Crippen LogP contribution in [0.1, 0.15) is 43.3 Å². The fraction of sp³-hybridized carbons (Fsp3) is 0.368. The molecule has 2 aromatic rings. The molecule has 1 aliphatic heterocycles. The van der Waals surface area contributed by atoms with Gasteiger partial charge in [-0.1, -0.05) is 24.3 Å². The molecular weight excluding hydrogens is 320 g/mol. The van der Waals surface area contributed by atoms with Crippen LogP contribution in [0.4, 0.5) is 6.01 Å². The van der Waals surface area contributed by atoms with Crippen LogP contribution in [-0.4, -0.2) is 34.8 Å². The third-order valence-electron chi connectivity index (χ3n) is 3.77. The Morgan fingerprint density at radius 3 is 2.80 bits per heavy atom. The number of hydrogen-bond donors (Lipinski definition) is 1. The maximum Gasteiger partial charge on any atom is 0.376 e. The van der Waals surface area contributed by atoms with Gasteiger partial charge in [0.15, 0.2) is 0 Å². The first-order chi connectivity index (χ1) is 11.8. The van der Waals surface area contributed by atoms with E-state index in [1.165, 1.54) is 6.20 Å². The van der Waals surface area contributed by atoms with Crippen LogP contribution < -0.4 is 4.90 Å². The first kappa shape index (κ1) is 17.1. The molecule has 1 N–H and O–H groups in total. The second-order valence-electron chi connectivity index (χ2n) is 6.97. The van der Waals surface area contributed by atoms with Gasteiger partial charge >= 0.3 is 5.97 Å². The van der Waals surface area contributed by atoms with Crippen LogP contribution in [-0.2, 0) is 4.74 Å². The Labute approximate surface area is 146 Å². The van der Waals surface area contributed by atoms with Gasteiger partial charge in [0.1, 0.15) is 11.4 Å². The number of para-hydroxylation sites is 1. The summed E-state index contributed by atoms with van der Waals surface area (Å²) >= 11 is 0. The van der Waals surface area contributed by atoms with E-state index in [2.05, 4.69) is 11.1 Å². The second-order valence-corrected chi connectivity index (χ2v) is 6.97. The second kappa shape index (κ2) is 6.63. The van der Waals surface area contributed by atoms with Crippen molar-refractivity contribution >= 4 is 17.6 Å². The highest BCUT2D eigenvalue weighted by molar-refractivity contribution is 5.86. The van der Waals surface area contributed by atoms with E-state index in [9.17, 15) is 9.90 Å². The molecule has 0 radical (unpaired) electrons. The van der Waals surface area contributed by atoms with E-state index in [1.54, 1.807) is 32.9 Å². The first-order valence-electron chi connectivity index (χ1n) is 8.25. The first-order valence-corrected chi connectivity index (χ1v) is 8.25. The number of phenolic OH excluding ortho intramolecular Hbond substituents is 1. The van der Waals surface area contributed by atoms with E-state index in [4.69, 9.17) is 9.15 Å². The predicted molar refractivity (Wildman–Crippen MR) is 94.6 cm³/mol. The molecule has 0 bridgehead atoms. The highest BCUT2D eigenvalue weighted by atomic mass is 16.6. The van der Waals surface area contributed by atoms with Crippen LogP contribution >= 0.6 is 0 Å². The molecule has 0 saturated carbocycles. The largest absolute Gasteiger partial charge is 0.507 e. The zero-order valence-electron chi connectivity index (χ0n) is 14.7. The van der Waals surface area contributed by atoms with Crippen molar-refractivity contribution in [1.29, 1.82) is 0 Å². The Morgan fingerprint density at radius 1 is 1.32 bits per heavy atom. The fourth-order valence-corrected chi connectivity index (χ4v) is 2.68. The molecule has 0 amide bonds. The lowest BCUT2D eigenvalue weighted by molar-refractivity contribution is 0.00366. The SMILES string of the molecule is CC(C)(C)OC(=O)c1cnc(N2CCC=C(c3ccccc3O)C2)o1. The van der Waals surface area contributed by atoms with Gasteiger partial charge in [-0.25, -0.2) is 9.78 Å². The summed E-state index contributed by atoms with van der Waals surface area (Å²) < 4.78 is 10.9. The molecule has 6 nitrogen and oxygen atoms in total. The number of carbonyl (C=O) groups is 1. The number of aromatic nitrogens is 1. The lowest BCUT2D eigenvalue weighted by Gasteiger charge is -2.26. The van der Waals surface area contributed by atoms with E-state index in [0.29, 0.717) is 12.6 Å². The van der Waals surface area contributed by atoms with Gasteiger partial charge in [-0.15, -0.1) is 0 Å². The summed E-state index contributed by atoms with van der Waals surface area (Å²) in [6, 6.07) is 7.61. The topological polar surface area (TPSA) is 75.8 Å². The number of carbonyl (C=O) groups excluding carboxylic acids is 1. The molecule has 132 valence electrons. The molecule has 0 fully saturated rings. The molecule has 0 aliphatic carbocycles. The van der Waals surface area contributed by atoms with Crippen molar-refractivity contribution in [2.24, 2.45) is 0 Å². The molecule has 0 saturated heterocycles. The molecule has 2 heterocycles. The summed E-state index contributed by atoms with van der Waals surface area (Å²) in [6.07, 6.45) is 4.29. The standard InChI is InChI=1S/C19H22N2O4/c1-19(2,3)25-17(23)16-11-20-18(24-16)21-10-6-7-13(12-21)14-8-4-5-9-15(14)22/h4-5,7-9,11,22H,6,10,12H2,1-3H3. The predicted octanol–water partition coefficient (Wildman–Crippen LogP) is 3.63. The third kappa shape index (κ3) is 4.02. The molecule has 6 heteroatoms. The van der Waals surface area contributed by atoms with Crippen molar-refractivity contribution in [3.63, 3.8) is 0 Å². The van der Waals surface area contributed by atoms with E-state index >= 15 is 0 Å². The molecular formula is C19H22N2O4. The lowest BCUT2D eigenvalue weighted by atomic mass is 10.0. The normalized spacial score (nSPS) is 15.0. The van der Waals surface area contributed by atoms with Crippen LogP contribution in [0.3, 0.4) is 0 Å². The number of hydrogen-bond acceptors (Lipinski definition) is 6. The minimum atomic E-state index is -0.587. The van der Waals surface area contributed by atoms with Gasteiger partial charge in [-0.2, -0.15) is 0 Å². The average Bonchev–Trinajstić information content (AvgIpc) is 3.04. The Morgan fingerprint density at radius 2 is 2.08 bits per heavy atom. The van der Waals surface area contributed by atoms with Crippen molar-refractivity contribution < 1.29 is 19.1 Å². The summed E-state index contributed by atoms with van der Waals surface area (Å²) in [6.45, 7) is 6.68. The van der Waals surface area contributed by atoms with E-state index < -0.39 is 11.6 Å². The number of anilines is 1. The van der Waals surface area contributed by atoms with Gasteiger partial charge in [-0.05, 0) is 38.8 Å². The number of ether oxygens (including phenoxy) is 1. The van der Waals surface area contributed by atoms with Gasteiger partial charge in [-0.3, -0.25) is 0 Å². The Bertz CT molecular complexity index is 802. The van der Waals surface area contributed by atoms with Crippen molar-refractivity contribution in [2.45, 2.75) is 32.8 Å². The smallest absolute Gasteiger partial charge is 0.376 e. The molecule has 1 aromatic carbocycles. The number of aromatic hydroxyl groups is 1. The fourth-order valence-electron chi connectivity index (χ4n) is 2.68. The van der Waals surface area contributed by atoms with Crippen molar-refractivity contribution in [3.8, 4) is 5.75 Å². The maximum absolute atomic E-state index is 12.1. The summed E-state index contributed by atoms with van der Waals surface area (Å²) in [5, 5.41) is 10.0. The Kier molecular flexibility index (Phi) is 4.53. The minimum absolute atomic E-state index is 0.0867. The molecule has 0 unspecified atom stereocenters. The molecule has 25 heavy (non-hydrogen) atoms. The van der Waals surface area contributed by atoms with Crippen molar-refractivity contribution in [2.75, 3.05) is 18.0 Å². The summed E-state index contributed by atoms with van der Waals surface area (Å²) in [4.78, 5) is 18.2. The average molecular weight is 342 g/mol. The number of esters is 1. The van der Waals surface area contributed by atoms with Gasteiger partial charge in [0.25, 0.3) is 6.01 Å². The summed E-state index contributed by atoms with van der Waals surface area (Å²) in [5.74, 6) is -0.194. The quantitative estimate of drug-likeness (QED) is 0.859. The lowest BCUT2D eigenvalue weighted by Crippen LogP contribution is -2.29. The summed E-state index contributed by atoms with van der Waals surface area (Å²) in [7, 11) is 0. The number of benzene rings is 1. The molecule has 0 atom stereocenters. The van der Waals surface area contributed by atoms with Crippen LogP contribution in [0.5, 0.6) is 5.75 Å². The van der Waals surface area contributed by atoms with Crippen LogP contribution in [0.2, 0.25) is 0 Å². The number of phenols is 1. The zero-order chi connectivity index (χ0) is 18.0. The van der Waals surface area contributed by atoms with Gasteiger partial charge in [0.2, 0.25) is 5.76 Å².